The lowest BCUT2D eigenvalue weighted by molar-refractivity contribution is 0.197. The maximum absolute atomic E-state index is 5.33. The average molecular weight is 321 g/mol. The largest absolute Gasteiger partial charge is 0.384 e. The summed E-state index contributed by atoms with van der Waals surface area (Å²) < 4.78 is 15.7. The zero-order chi connectivity index (χ0) is 16.2. The van der Waals surface area contributed by atoms with Crippen molar-refractivity contribution >= 4 is 0 Å². The lowest BCUT2D eigenvalue weighted by Crippen LogP contribution is -2.23. The van der Waals surface area contributed by atoms with Crippen LogP contribution < -0.4 is 0 Å². The summed E-state index contributed by atoms with van der Waals surface area (Å²) in [6, 6.07) is 0.153. The SMILES string of the molecule is COCCc1noc(CN2CCC[C@@H]2c2noc(C(C)C)n2)n1. The van der Waals surface area contributed by atoms with Crippen LogP contribution in [0.3, 0.4) is 0 Å². The second kappa shape index (κ2) is 7.18. The van der Waals surface area contributed by atoms with Crippen molar-refractivity contribution in [2.45, 2.75) is 51.6 Å². The summed E-state index contributed by atoms with van der Waals surface area (Å²) in [5.74, 6) is 2.98. The van der Waals surface area contributed by atoms with Crippen molar-refractivity contribution in [3.05, 3.63) is 23.4 Å². The Balaban J connectivity index is 1.65. The third-order valence-electron chi connectivity index (χ3n) is 3.99. The van der Waals surface area contributed by atoms with E-state index in [4.69, 9.17) is 13.8 Å². The van der Waals surface area contributed by atoms with Crippen LogP contribution in [0.2, 0.25) is 0 Å². The van der Waals surface area contributed by atoms with Crippen LogP contribution in [0.25, 0.3) is 0 Å². The van der Waals surface area contributed by atoms with E-state index in [1.54, 1.807) is 7.11 Å². The molecule has 1 aliphatic rings. The summed E-state index contributed by atoms with van der Waals surface area (Å²) in [7, 11) is 1.66. The van der Waals surface area contributed by atoms with E-state index in [-0.39, 0.29) is 12.0 Å². The number of hydrogen-bond acceptors (Lipinski definition) is 8. The summed E-state index contributed by atoms with van der Waals surface area (Å²) in [5.41, 5.74) is 0. The molecule has 23 heavy (non-hydrogen) atoms. The molecule has 0 aromatic carbocycles. The molecule has 8 heteroatoms. The highest BCUT2D eigenvalue weighted by molar-refractivity contribution is 5.01. The van der Waals surface area contributed by atoms with Crippen molar-refractivity contribution in [2.24, 2.45) is 0 Å². The number of nitrogens with zero attached hydrogens (tertiary/aromatic N) is 5. The minimum atomic E-state index is 0.153. The Labute approximate surface area is 135 Å². The van der Waals surface area contributed by atoms with Crippen LogP contribution >= 0.6 is 0 Å². The van der Waals surface area contributed by atoms with Crippen molar-refractivity contribution in [3.8, 4) is 0 Å². The first-order valence-electron chi connectivity index (χ1n) is 8.05. The van der Waals surface area contributed by atoms with E-state index in [0.29, 0.717) is 37.2 Å². The van der Waals surface area contributed by atoms with Crippen LogP contribution in [-0.2, 0) is 17.7 Å². The molecule has 2 aromatic heterocycles. The molecule has 0 N–H and O–H groups in total. The van der Waals surface area contributed by atoms with Gasteiger partial charge in [0.2, 0.25) is 11.8 Å². The predicted molar refractivity (Wildman–Crippen MR) is 80.7 cm³/mol. The zero-order valence-corrected chi connectivity index (χ0v) is 13.9. The highest BCUT2D eigenvalue weighted by Crippen LogP contribution is 2.31. The Morgan fingerprint density at radius 3 is 2.87 bits per heavy atom. The van der Waals surface area contributed by atoms with Crippen LogP contribution in [0, 0.1) is 0 Å². The van der Waals surface area contributed by atoms with Gasteiger partial charge >= 0.3 is 0 Å². The second-order valence-electron chi connectivity index (χ2n) is 6.12. The predicted octanol–water partition coefficient (Wildman–Crippen LogP) is 2.10. The molecule has 0 bridgehead atoms. The molecule has 2 aromatic rings. The quantitative estimate of drug-likeness (QED) is 0.766. The molecule has 0 unspecified atom stereocenters. The molecule has 8 nitrogen and oxygen atoms in total. The van der Waals surface area contributed by atoms with Gasteiger partial charge in [-0.15, -0.1) is 0 Å². The fraction of sp³-hybridized carbons (Fsp3) is 0.733. The van der Waals surface area contributed by atoms with Crippen molar-refractivity contribution in [3.63, 3.8) is 0 Å². The van der Waals surface area contributed by atoms with E-state index in [9.17, 15) is 0 Å². The lowest BCUT2D eigenvalue weighted by Gasteiger charge is -2.19. The van der Waals surface area contributed by atoms with Gasteiger partial charge < -0.3 is 13.8 Å². The summed E-state index contributed by atoms with van der Waals surface area (Å²) in [6.07, 6.45) is 2.77. The molecule has 1 fully saturated rings. The van der Waals surface area contributed by atoms with E-state index in [0.717, 1.165) is 25.2 Å². The van der Waals surface area contributed by atoms with Crippen molar-refractivity contribution in [1.29, 1.82) is 0 Å². The molecule has 3 heterocycles. The van der Waals surface area contributed by atoms with Gasteiger partial charge in [0.15, 0.2) is 11.6 Å². The van der Waals surface area contributed by atoms with Crippen LogP contribution in [0.15, 0.2) is 9.05 Å². The summed E-state index contributed by atoms with van der Waals surface area (Å²) in [5, 5.41) is 8.12. The highest BCUT2D eigenvalue weighted by atomic mass is 16.5. The van der Waals surface area contributed by atoms with E-state index in [1.165, 1.54) is 0 Å². The first-order chi connectivity index (χ1) is 11.2. The molecular weight excluding hydrogens is 298 g/mol. The Morgan fingerprint density at radius 1 is 1.26 bits per heavy atom. The van der Waals surface area contributed by atoms with Crippen molar-refractivity contribution in [2.75, 3.05) is 20.3 Å². The number of ether oxygens (including phenoxy) is 1. The van der Waals surface area contributed by atoms with E-state index < -0.39 is 0 Å². The van der Waals surface area contributed by atoms with E-state index in [1.807, 2.05) is 13.8 Å². The summed E-state index contributed by atoms with van der Waals surface area (Å²) in [4.78, 5) is 11.2. The van der Waals surface area contributed by atoms with Gasteiger partial charge in [0, 0.05) is 19.4 Å². The fourth-order valence-electron chi connectivity index (χ4n) is 2.75. The maximum atomic E-state index is 5.33. The second-order valence-corrected chi connectivity index (χ2v) is 6.12. The van der Waals surface area contributed by atoms with Crippen LogP contribution in [0.5, 0.6) is 0 Å². The molecule has 1 saturated heterocycles. The van der Waals surface area contributed by atoms with Gasteiger partial charge in [0.05, 0.1) is 19.2 Å². The zero-order valence-electron chi connectivity index (χ0n) is 13.9. The number of rotatable bonds is 7. The average Bonchev–Trinajstić information content (AvgIpc) is 3.25. The Morgan fingerprint density at radius 2 is 2.13 bits per heavy atom. The van der Waals surface area contributed by atoms with Crippen LogP contribution in [0.1, 0.15) is 62.1 Å². The molecule has 3 rings (SSSR count). The molecule has 0 radical (unpaired) electrons. The number of hydrogen-bond donors (Lipinski definition) is 0. The molecular formula is C15H23N5O3. The Kier molecular flexibility index (Phi) is 5.02. The summed E-state index contributed by atoms with van der Waals surface area (Å²) in [6.45, 7) is 6.25. The fourth-order valence-corrected chi connectivity index (χ4v) is 2.75. The first kappa shape index (κ1) is 16.1. The van der Waals surface area contributed by atoms with Gasteiger partial charge in [-0.25, -0.2) is 0 Å². The van der Waals surface area contributed by atoms with Gasteiger partial charge in [-0.2, -0.15) is 9.97 Å². The highest BCUT2D eigenvalue weighted by Gasteiger charge is 2.31. The third-order valence-corrected chi connectivity index (χ3v) is 3.99. The maximum Gasteiger partial charge on any atom is 0.240 e. The Hall–Kier alpha value is -1.80. The lowest BCUT2D eigenvalue weighted by atomic mass is 10.2. The molecule has 0 saturated carbocycles. The van der Waals surface area contributed by atoms with Gasteiger partial charge in [-0.3, -0.25) is 4.90 Å². The topological polar surface area (TPSA) is 90.3 Å². The Bertz CT molecular complexity index is 624. The van der Waals surface area contributed by atoms with Crippen LogP contribution in [-0.4, -0.2) is 45.4 Å². The smallest absolute Gasteiger partial charge is 0.240 e. The van der Waals surface area contributed by atoms with Crippen molar-refractivity contribution < 1.29 is 13.8 Å². The van der Waals surface area contributed by atoms with Gasteiger partial charge in [0.25, 0.3) is 0 Å². The molecule has 0 aliphatic carbocycles. The summed E-state index contributed by atoms with van der Waals surface area (Å²) >= 11 is 0. The minimum absolute atomic E-state index is 0.153. The number of likely N-dealkylation sites (tertiary alicyclic amines) is 1. The van der Waals surface area contributed by atoms with Gasteiger partial charge in [-0.1, -0.05) is 24.2 Å². The van der Waals surface area contributed by atoms with E-state index >= 15 is 0 Å². The van der Waals surface area contributed by atoms with E-state index in [2.05, 4.69) is 25.2 Å². The minimum Gasteiger partial charge on any atom is -0.384 e. The van der Waals surface area contributed by atoms with Crippen molar-refractivity contribution in [1.82, 2.24) is 25.2 Å². The third kappa shape index (κ3) is 3.76. The molecule has 0 amide bonds. The van der Waals surface area contributed by atoms with Crippen LogP contribution in [0.4, 0.5) is 0 Å². The number of aromatic nitrogens is 4. The molecule has 1 atom stereocenters. The monoisotopic (exact) mass is 321 g/mol. The molecule has 126 valence electrons. The molecule has 0 spiro atoms. The first-order valence-corrected chi connectivity index (χ1v) is 8.05. The normalized spacial score (nSPS) is 19.0. The molecule has 1 aliphatic heterocycles. The number of methoxy groups -OCH3 is 1. The van der Waals surface area contributed by atoms with Gasteiger partial charge in [-0.05, 0) is 19.4 Å². The standard InChI is InChI=1S/C15H23N5O3/c1-10(2)15-17-14(19-23-15)11-5-4-7-20(11)9-13-16-12(18-22-13)6-8-21-3/h10-11H,4-9H2,1-3H3/t11-/m1/s1. The van der Waals surface area contributed by atoms with Gasteiger partial charge in [0.1, 0.15) is 0 Å².